The molecule has 1 amide bonds. The standard InChI is InChI=1S/C20H22N4OS2/c1-15(2)24(17-11-7-4-8-12-17)18(25)14-26-20-23-22-19(27-20)21-13-16-9-5-3-6-10-16/h3-12,15H,13-14H2,1-2H3,(H,21,22). The number of rotatable bonds is 8. The molecule has 3 aromatic rings. The van der Waals surface area contributed by atoms with Crippen molar-refractivity contribution in [3.8, 4) is 0 Å². The summed E-state index contributed by atoms with van der Waals surface area (Å²) in [7, 11) is 0. The van der Waals surface area contributed by atoms with Gasteiger partial charge in [-0.3, -0.25) is 4.79 Å². The molecular weight excluding hydrogens is 376 g/mol. The number of thioether (sulfide) groups is 1. The van der Waals surface area contributed by atoms with Crippen LogP contribution in [-0.4, -0.2) is 27.9 Å². The molecule has 0 aliphatic heterocycles. The van der Waals surface area contributed by atoms with Crippen molar-refractivity contribution in [1.29, 1.82) is 0 Å². The molecule has 1 heterocycles. The maximum atomic E-state index is 12.7. The molecule has 0 spiro atoms. The maximum Gasteiger partial charge on any atom is 0.237 e. The highest BCUT2D eigenvalue weighted by atomic mass is 32.2. The number of carbonyl (C=O) groups is 1. The summed E-state index contributed by atoms with van der Waals surface area (Å²) >= 11 is 2.89. The molecule has 0 saturated heterocycles. The summed E-state index contributed by atoms with van der Waals surface area (Å²) in [6.07, 6.45) is 0. The second-order valence-electron chi connectivity index (χ2n) is 6.19. The highest BCUT2D eigenvalue weighted by Crippen LogP contribution is 2.27. The maximum absolute atomic E-state index is 12.7. The number of anilines is 2. The summed E-state index contributed by atoms with van der Waals surface area (Å²) < 4.78 is 0.788. The minimum atomic E-state index is 0.0650. The number of nitrogens with one attached hydrogen (secondary N) is 1. The molecule has 0 atom stereocenters. The number of aromatic nitrogens is 2. The third-order valence-electron chi connectivity index (χ3n) is 3.83. The average Bonchev–Trinajstić information content (AvgIpc) is 3.14. The van der Waals surface area contributed by atoms with E-state index in [0.29, 0.717) is 12.3 Å². The smallest absolute Gasteiger partial charge is 0.237 e. The van der Waals surface area contributed by atoms with Crippen molar-refractivity contribution in [3.05, 3.63) is 66.2 Å². The van der Waals surface area contributed by atoms with Gasteiger partial charge in [-0.05, 0) is 31.5 Å². The summed E-state index contributed by atoms with van der Waals surface area (Å²) in [5, 5.41) is 12.4. The lowest BCUT2D eigenvalue weighted by Crippen LogP contribution is -2.38. The normalized spacial score (nSPS) is 10.8. The highest BCUT2D eigenvalue weighted by Gasteiger charge is 2.19. The SMILES string of the molecule is CC(C)N(C(=O)CSc1nnc(NCc2ccccc2)s1)c1ccccc1. The van der Waals surface area contributed by atoms with E-state index in [1.807, 2.05) is 67.3 Å². The van der Waals surface area contributed by atoms with Crippen LogP contribution in [0.5, 0.6) is 0 Å². The van der Waals surface area contributed by atoms with Crippen LogP contribution in [-0.2, 0) is 11.3 Å². The molecule has 0 fully saturated rings. The Kier molecular flexibility index (Phi) is 6.84. The van der Waals surface area contributed by atoms with E-state index >= 15 is 0 Å². The fraction of sp³-hybridized carbons (Fsp3) is 0.250. The zero-order valence-corrected chi connectivity index (χ0v) is 17.0. The van der Waals surface area contributed by atoms with Crippen molar-refractivity contribution in [2.45, 2.75) is 30.8 Å². The van der Waals surface area contributed by atoms with Gasteiger partial charge in [0.25, 0.3) is 0 Å². The van der Waals surface area contributed by atoms with Crippen LogP contribution < -0.4 is 10.2 Å². The first-order chi connectivity index (χ1) is 13.1. The van der Waals surface area contributed by atoms with Gasteiger partial charge in [-0.15, -0.1) is 10.2 Å². The third-order valence-corrected chi connectivity index (χ3v) is 5.83. The van der Waals surface area contributed by atoms with Crippen LogP contribution in [0.3, 0.4) is 0 Å². The van der Waals surface area contributed by atoms with Gasteiger partial charge in [-0.2, -0.15) is 0 Å². The molecular formula is C20H22N4OS2. The topological polar surface area (TPSA) is 58.1 Å². The van der Waals surface area contributed by atoms with Gasteiger partial charge in [0.05, 0.1) is 5.75 Å². The molecule has 1 N–H and O–H groups in total. The van der Waals surface area contributed by atoms with Gasteiger partial charge in [0.15, 0.2) is 4.34 Å². The summed E-state index contributed by atoms with van der Waals surface area (Å²) in [6, 6.07) is 20.0. The van der Waals surface area contributed by atoms with Crippen LogP contribution in [0.15, 0.2) is 65.0 Å². The number of benzene rings is 2. The Labute approximate surface area is 167 Å². The number of hydrogen-bond acceptors (Lipinski definition) is 6. The predicted octanol–water partition coefficient (Wildman–Crippen LogP) is 4.68. The molecule has 0 unspecified atom stereocenters. The van der Waals surface area contributed by atoms with Crippen molar-refractivity contribution in [2.75, 3.05) is 16.0 Å². The van der Waals surface area contributed by atoms with Crippen molar-refractivity contribution < 1.29 is 4.79 Å². The third kappa shape index (κ3) is 5.55. The lowest BCUT2D eigenvalue weighted by atomic mass is 10.2. The second kappa shape index (κ2) is 9.53. The molecule has 27 heavy (non-hydrogen) atoms. The first kappa shape index (κ1) is 19.4. The van der Waals surface area contributed by atoms with E-state index in [1.54, 1.807) is 0 Å². The Bertz CT molecular complexity index is 853. The second-order valence-corrected chi connectivity index (χ2v) is 8.39. The van der Waals surface area contributed by atoms with E-state index in [0.717, 1.165) is 15.2 Å². The monoisotopic (exact) mass is 398 g/mol. The Hall–Kier alpha value is -2.38. The molecule has 0 bridgehead atoms. The van der Waals surface area contributed by atoms with Gasteiger partial charge in [0, 0.05) is 18.3 Å². The molecule has 0 saturated carbocycles. The Morgan fingerprint density at radius 3 is 2.41 bits per heavy atom. The van der Waals surface area contributed by atoms with Crippen LogP contribution >= 0.6 is 23.1 Å². The number of nitrogens with zero attached hydrogens (tertiary/aromatic N) is 3. The lowest BCUT2D eigenvalue weighted by Gasteiger charge is -2.26. The molecule has 140 valence electrons. The largest absolute Gasteiger partial charge is 0.356 e. The van der Waals surface area contributed by atoms with Crippen molar-refractivity contribution in [1.82, 2.24) is 10.2 Å². The van der Waals surface area contributed by atoms with Gasteiger partial charge in [0.2, 0.25) is 11.0 Å². The van der Waals surface area contributed by atoms with Gasteiger partial charge in [-0.25, -0.2) is 0 Å². The fourth-order valence-electron chi connectivity index (χ4n) is 2.62. The van der Waals surface area contributed by atoms with E-state index in [1.165, 1.54) is 28.7 Å². The molecule has 3 rings (SSSR count). The average molecular weight is 399 g/mol. The molecule has 7 heteroatoms. The molecule has 5 nitrogen and oxygen atoms in total. The quantitative estimate of drug-likeness (QED) is 0.558. The molecule has 0 aliphatic carbocycles. The lowest BCUT2D eigenvalue weighted by molar-refractivity contribution is -0.116. The summed E-state index contributed by atoms with van der Waals surface area (Å²) in [5.41, 5.74) is 2.10. The van der Waals surface area contributed by atoms with E-state index in [4.69, 9.17) is 0 Å². The van der Waals surface area contributed by atoms with Crippen molar-refractivity contribution in [3.63, 3.8) is 0 Å². The predicted molar refractivity (Wildman–Crippen MR) is 113 cm³/mol. The van der Waals surface area contributed by atoms with Crippen LogP contribution in [0.25, 0.3) is 0 Å². The van der Waals surface area contributed by atoms with Crippen molar-refractivity contribution in [2.24, 2.45) is 0 Å². The number of carbonyl (C=O) groups excluding carboxylic acids is 1. The number of para-hydroxylation sites is 1. The molecule has 0 radical (unpaired) electrons. The van der Waals surface area contributed by atoms with Gasteiger partial charge >= 0.3 is 0 Å². The minimum absolute atomic E-state index is 0.0650. The Morgan fingerprint density at radius 2 is 1.74 bits per heavy atom. The zero-order valence-electron chi connectivity index (χ0n) is 15.3. The number of amides is 1. The van der Waals surface area contributed by atoms with E-state index in [9.17, 15) is 4.79 Å². The molecule has 1 aromatic heterocycles. The summed E-state index contributed by atoms with van der Waals surface area (Å²) in [6.45, 7) is 4.74. The minimum Gasteiger partial charge on any atom is -0.356 e. The van der Waals surface area contributed by atoms with E-state index in [2.05, 4.69) is 27.6 Å². The van der Waals surface area contributed by atoms with Gasteiger partial charge < -0.3 is 10.2 Å². The zero-order chi connectivity index (χ0) is 19.1. The Balaban J connectivity index is 1.55. The number of hydrogen-bond donors (Lipinski definition) is 1. The Morgan fingerprint density at radius 1 is 1.07 bits per heavy atom. The van der Waals surface area contributed by atoms with Crippen molar-refractivity contribution >= 4 is 39.8 Å². The summed E-state index contributed by atoms with van der Waals surface area (Å²) in [5.74, 6) is 0.399. The highest BCUT2D eigenvalue weighted by molar-refractivity contribution is 8.01. The van der Waals surface area contributed by atoms with Crippen LogP contribution in [0.1, 0.15) is 19.4 Å². The van der Waals surface area contributed by atoms with Gasteiger partial charge in [0.1, 0.15) is 0 Å². The fourth-order valence-corrected chi connectivity index (χ4v) is 4.23. The summed E-state index contributed by atoms with van der Waals surface area (Å²) in [4.78, 5) is 14.5. The first-order valence-corrected chi connectivity index (χ1v) is 10.5. The van der Waals surface area contributed by atoms with Crippen LogP contribution in [0.2, 0.25) is 0 Å². The van der Waals surface area contributed by atoms with E-state index in [-0.39, 0.29) is 11.9 Å². The van der Waals surface area contributed by atoms with Gasteiger partial charge in [-0.1, -0.05) is 71.6 Å². The van der Waals surface area contributed by atoms with Crippen LogP contribution in [0, 0.1) is 0 Å². The first-order valence-electron chi connectivity index (χ1n) is 8.74. The molecule has 2 aromatic carbocycles. The molecule has 0 aliphatic rings. The van der Waals surface area contributed by atoms with Crippen LogP contribution in [0.4, 0.5) is 10.8 Å². The van der Waals surface area contributed by atoms with E-state index < -0.39 is 0 Å².